The lowest BCUT2D eigenvalue weighted by Crippen LogP contribution is -2.33. The van der Waals surface area contributed by atoms with Crippen LogP contribution >= 0.6 is 12.4 Å². The molecule has 0 amide bonds. The van der Waals surface area contributed by atoms with Crippen LogP contribution in [0.3, 0.4) is 0 Å². The van der Waals surface area contributed by atoms with Crippen molar-refractivity contribution < 1.29 is 24.2 Å². The molecule has 2 aromatic rings. The van der Waals surface area contributed by atoms with Gasteiger partial charge in [-0.05, 0) is 26.7 Å². The average molecular weight is 394 g/mol. The molecule has 0 bridgehead atoms. The lowest BCUT2D eigenvalue weighted by atomic mass is 9.90. The Morgan fingerprint density at radius 1 is 1.26 bits per heavy atom. The first-order valence-corrected chi connectivity index (χ1v) is 8.69. The second-order valence-corrected chi connectivity index (χ2v) is 7.08. The number of fused-ring (bicyclic) bond motifs is 3. The van der Waals surface area contributed by atoms with Crippen LogP contribution in [0, 0.1) is 0 Å². The van der Waals surface area contributed by atoms with Gasteiger partial charge in [-0.15, -0.1) is 12.4 Å². The Balaban J connectivity index is 0.00000261. The van der Waals surface area contributed by atoms with Gasteiger partial charge in [-0.25, -0.2) is 0 Å². The summed E-state index contributed by atoms with van der Waals surface area (Å²) in [5.74, 6) is -0.113. The van der Waals surface area contributed by atoms with Crippen LogP contribution in [0.2, 0.25) is 0 Å². The van der Waals surface area contributed by atoms with Gasteiger partial charge in [-0.1, -0.05) is 24.3 Å². The number of rotatable bonds is 5. The molecule has 1 heterocycles. The second kappa shape index (κ2) is 8.05. The maximum Gasteiger partial charge on any atom is 0.308 e. The molecule has 0 spiro atoms. The second-order valence-electron chi connectivity index (χ2n) is 7.08. The molecule has 0 unspecified atom stereocenters. The van der Waals surface area contributed by atoms with E-state index in [0.29, 0.717) is 11.4 Å². The van der Waals surface area contributed by atoms with Crippen molar-refractivity contribution in [2.75, 3.05) is 11.9 Å². The Morgan fingerprint density at radius 2 is 1.93 bits per heavy atom. The van der Waals surface area contributed by atoms with Crippen molar-refractivity contribution in [1.29, 1.82) is 0 Å². The van der Waals surface area contributed by atoms with Crippen LogP contribution in [-0.2, 0) is 16.0 Å². The van der Waals surface area contributed by atoms with Crippen LogP contribution in [0.5, 0.6) is 11.5 Å². The van der Waals surface area contributed by atoms with Gasteiger partial charge in [0, 0.05) is 29.8 Å². The summed E-state index contributed by atoms with van der Waals surface area (Å²) in [7, 11) is 0. The van der Waals surface area contributed by atoms with Gasteiger partial charge < -0.3 is 19.9 Å². The summed E-state index contributed by atoms with van der Waals surface area (Å²) in [5.41, 5.74) is 1.27. The van der Waals surface area contributed by atoms with Crippen LogP contribution in [0.15, 0.2) is 24.3 Å². The predicted molar refractivity (Wildman–Crippen MR) is 106 cm³/mol. The number of hydrogen-bond donors (Lipinski definition) is 2. The fourth-order valence-corrected chi connectivity index (χ4v) is 3.27. The zero-order valence-electron chi connectivity index (χ0n) is 15.6. The molecule has 2 aromatic carbocycles. The molecule has 6 nitrogen and oxygen atoms in total. The number of hydrogen-bond acceptors (Lipinski definition) is 5. The molecule has 0 fully saturated rings. The van der Waals surface area contributed by atoms with Gasteiger partial charge in [-0.2, -0.15) is 0 Å². The topological polar surface area (TPSA) is 84.9 Å². The van der Waals surface area contributed by atoms with Crippen molar-refractivity contribution in [3.8, 4) is 11.5 Å². The van der Waals surface area contributed by atoms with E-state index in [4.69, 9.17) is 14.6 Å². The maximum atomic E-state index is 11.7. The highest BCUT2D eigenvalue weighted by molar-refractivity contribution is 6.01. The SMILES string of the molecule is CC(=O)Oc1c(NCCC(=O)O)c2c(c3ccccc13)OC(C)(C)CC2.Cl. The first-order valence-electron chi connectivity index (χ1n) is 8.69. The molecule has 0 atom stereocenters. The highest BCUT2D eigenvalue weighted by Gasteiger charge is 2.32. The fraction of sp³-hybridized carbons (Fsp3) is 0.400. The van der Waals surface area contributed by atoms with Gasteiger partial charge in [0.2, 0.25) is 0 Å². The summed E-state index contributed by atoms with van der Waals surface area (Å²) in [6.45, 7) is 5.68. The van der Waals surface area contributed by atoms with Crippen molar-refractivity contribution in [3.63, 3.8) is 0 Å². The van der Waals surface area contributed by atoms with Crippen molar-refractivity contribution in [2.45, 2.75) is 45.6 Å². The molecule has 3 rings (SSSR count). The van der Waals surface area contributed by atoms with Crippen molar-refractivity contribution in [1.82, 2.24) is 0 Å². The van der Waals surface area contributed by atoms with E-state index in [0.717, 1.165) is 34.9 Å². The normalized spacial score (nSPS) is 14.5. The lowest BCUT2D eigenvalue weighted by molar-refractivity contribution is -0.136. The zero-order valence-corrected chi connectivity index (χ0v) is 16.4. The Morgan fingerprint density at radius 3 is 2.56 bits per heavy atom. The largest absolute Gasteiger partial charge is 0.487 e. The quantitative estimate of drug-likeness (QED) is 0.585. The van der Waals surface area contributed by atoms with Gasteiger partial charge in [0.1, 0.15) is 11.4 Å². The Kier molecular flexibility index (Phi) is 6.21. The van der Waals surface area contributed by atoms with Gasteiger partial charge in [0.15, 0.2) is 5.75 Å². The number of benzene rings is 2. The minimum Gasteiger partial charge on any atom is -0.487 e. The Hall–Kier alpha value is -2.47. The summed E-state index contributed by atoms with van der Waals surface area (Å²) in [5, 5.41) is 13.7. The van der Waals surface area contributed by atoms with Gasteiger partial charge in [0.05, 0.1) is 12.1 Å². The molecule has 2 N–H and O–H groups in total. The molecule has 0 aliphatic carbocycles. The number of ether oxygens (including phenoxy) is 2. The number of carboxylic acid groups (broad SMARTS) is 1. The number of nitrogens with one attached hydrogen (secondary N) is 1. The molecule has 0 aromatic heterocycles. The number of carbonyl (C=O) groups is 2. The third-order valence-electron chi connectivity index (χ3n) is 4.46. The van der Waals surface area contributed by atoms with E-state index in [2.05, 4.69) is 5.32 Å². The van der Waals surface area contributed by atoms with Crippen LogP contribution in [-0.4, -0.2) is 29.2 Å². The average Bonchev–Trinajstić information content (AvgIpc) is 2.56. The summed E-state index contributed by atoms with van der Waals surface area (Å²) in [6, 6.07) is 7.62. The van der Waals surface area contributed by atoms with Crippen LogP contribution in [0.25, 0.3) is 10.8 Å². The molecule has 0 radical (unpaired) electrons. The van der Waals surface area contributed by atoms with E-state index in [9.17, 15) is 9.59 Å². The van der Waals surface area contributed by atoms with E-state index in [1.807, 2.05) is 38.1 Å². The lowest BCUT2D eigenvalue weighted by Gasteiger charge is -2.35. The molecular formula is C20H24ClNO5. The number of carboxylic acids is 1. The highest BCUT2D eigenvalue weighted by atomic mass is 35.5. The minimum absolute atomic E-state index is 0. The Labute approximate surface area is 164 Å². The number of halogens is 1. The van der Waals surface area contributed by atoms with Gasteiger partial charge in [0.25, 0.3) is 0 Å². The first-order chi connectivity index (χ1) is 12.3. The van der Waals surface area contributed by atoms with Crippen molar-refractivity contribution in [2.24, 2.45) is 0 Å². The van der Waals surface area contributed by atoms with E-state index < -0.39 is 11.9 Å². The van der Waals surface area contributed by atoms with Crippen molar-refractivity contribution >= 4 is 40.8 Å². The molecule has 27 heavy (non-hydrogen) atoms. The molecule has 0 saturated heterocycles. The molecule has 7 heteroatoms. The number of carbonyl (C=O) groups excluding carboxylic acids is 1. The maximum absolute atomic E-state index is 11.7. The molecular weight excluding hydrogens is 370 g/mol. The van der Waals surface area contributed by atoms with Crippen molar-refractivity contribution in [3.05, 3.63) is 29.8 Å². The summed E-state index contributed by atoms with van der Waals surface area (Å²) in [6.07, 6.45) is 1.52. The third-order valence-corrected chi connectivity index (χ3v) is 4.46. The smallest absolute Gasteiger partial charge is 0.308 e. The van der Waals surface area contributed by atoms with Crippen LogP contribution < -0.4 is 14.8 Å². The van der Waals surface area contributed by atoms with E-state index in [1.54, 1.807) is 0 Å². The first kappa shape index (κ1) is 20.8. The molecule has 146 valence electrons. The number of aliphatic carboxylic acids is 1. The number of anilines is 1. The zero-order chi connectivity index (χ0) is 18.9. The summed E-state index contributed by atoms with van der Waals surface area (Å²) in [4.78, 5) is 22.6. The number of esters is 1. The predicted octanol–water partition coefficient (Wildman–Crippen LogP) is 4.18. The molecule has 1 aliphatic rings. The fourth-order valence-electron chi connectivity index (χ4n) is 3.27. The van der Waals surface area contributed by atoms with E-state index in [-0.39, 0.29) is 31.0 Å². The van der Waals surface area contributed by atoms with Gasteiger partial charge in [-0.3, -0.25) is 9.59 Å². The third kappa shape index (κ3) is 4.45. The van der Waals surface area contributed by atoms with Crippen LogP contribution in [0.4, 0.5) is 5.69 Å². The van der Waals surface area contributed by atoms with E-state index >= 15 is 0 Å². The highest BCUT2D eigenvalue weighted by Crippen LogP contribution is 2.48. The van der Waals surface area contributed by atoms with Crippen LogP contribution in [0.1, 0.15) is 39.2 Å². The van der Waals surface area contributed by atoms with Gasteiger partial charge >= 0.3 is 11.9 Å². The Bertz CT molecular complexity index is 878. The minimum atomic E-state index is -0.890. The molecule has 1 aliphatic heterocycles. The standard InChI is InChI=1S/C20H23NO5.ClH/c1-12(22)25-19-14-7-5-4-6-13(14)18-15(8-10-20(2,3)26-18)17(19)21-11-9-16(23)24;/h4-7,21H,8-11H2,1-3H3,(H,23,24);1H. The summed E-state index contributed by atoms with van der Waals surface area (Å²) >= 11 is 0. The molecule has 0 saturated carbocycles. The van der Waals surface area contributed by atoms with E-state index in [1.165, 1.54) is 6.92 Å². The monoisotopic (exact) mass is 393 g/mol. The summed E-state index contributed by atoms with van der Waals surface area (Å²) < 4.78 is 11.8.